The van der Waals surface area contributed by atoms with Crippen LogP contribution >= 0.6 is 0 Å². The molecular formula is C31H42N4O9. The van der Waals surface area contributed by atoms with Gasteiger partial charge in [-0.05, 0) is 51.7 Å². The second-order valence-corrected chi connectivity index (χ2v) is 13.0. The highest BCUT2D eigenvalue weighted by atomic mass is 16.4. The van der Waals surface area contributed by atoms with E-state index in [9.17, 15) is 44.7 Å². The maximum Gasteiger partial charge on any atom is 0.255 e. The van der Waals surface area contributed by atoms with Crippen LogP contribution in [0.5, 0.6) is 5.75 Å². The highest BCUT2D eigenvalue weighted by Gasteiger charge is 2.77. The van der Waals surface area contributed by atoms with Gasteiger partial charge in [0.1, 0.15) is 22.8 Å². The summed E-state index contributed by atoms with van der Waals surface area (Å²) in [6.07, 6.45) is -1.36. The minimum atomic E-state index is -3.07. The van der Waals surface area contributed by atoms with Crippen molar-refractivity contribution in [2.24, 2.45) is 16.6 Å². The lowest BCUT2D eigenvalue weighted by Crippen LogP contribution is -2.78. The predicted molar refractivity (Wildman–Crippen MR) is 159 cm³/mol. The van der Waals surface area contributed by atoms with E-state index >= 15 is 0 Å². The summed E-state index contributed by atoms with van der Waals surface area (Å²) in [5, 5.41) is 61.8. The van der Waals surface area contributed by atoms with Gasteiger partial charge in [-0.25, -0.2) is 0 Å². The largest absolute Gasteiger partial charge is 0.508 e. The van der Waals surface area contributed by atoms with Crippen LogP contribution in [0, 0.1) is 10.8 Å². The molecule has 0 bridgehead atoms. The van der Waals surface area contributed by atoms with E-state index in [1.165, 1.54) is 32.8 Å². The molecule has 0 aliphatic heterocycles. The van der Waals surface area contributed by atoms with Gasteiger partial charge in [0.25, 0.3) is 5.91 Å². The first-order chi connectivity index (χ1) is 20.3. The van der Waals surface area contributed by atoms with Gasteiger partial charge in [0, 0.05) is 17.5 Å². The van der Waals surface area contributed by atoms with Gasteiger partial charge in [0.05, 0.1) is 35.2 Å². The number of aliphatic hydroxyl groups is 4. The summed E-state index contributed by atoms with van der Waals surface area (Å²) in [6, 6.07) is 0.198. The van der Waals surface area contributed by atoms with Crippen molar-refractivity contribution >= 4 is 29.1 Å². The zero-order valence-electron chi connectivity index (χ0n) is 26.3. The average Bonchev–Trinajstić information content (AvgIpc) is 2.91. The molecule has 1 fully saturated rings. The molecule has 0 heterocycles. The molecule has 3 aliphatic carbocycles. The number of nitrogens with one attached hydrogen (secondary N) is 1. The normalized spacial score (nSPS) is 31.7. The van der Waals surface area contributed by atoms with Crippen LogP contribution in [0.15, 0.2) is 23.0 Å². The fourth-order valence-electron chi connectivity index (χ4n) is 7.80. The van der Waals surface area contributed by atoms with Crippen LogP contribution < -0.4 is 11.1 Å². The maximum absolute atomic E-state index is 14.6. The summed E-state index contributed by atoms with van der Waals surface area (Å²) < 4.78 is 0. The monoisotopic (exact) mass is 614 g/mol. The number of hydrogen-bond acceptors (Lipinski definition) is 11. The number of carbonyl (C=O) groups is 4. The number of likely N-dealkylation sites (N-methyl/N-ethyl adjacent to an activating group) is 2. The number of benzene rings is 1. The van der Waals surface area contributed by atoms with E-state index in [1.807, 2.05) is 6.92 Å². The van der Waals surface area contributed by atoms with Gasteiger partial charge in [-0.3, -0.25) is 24.1 Å². The Hall–Kier alpha value is -3.78. The number of aryl methyl sites for hydroxylation is 1. The molecular weight excluding hydrogens is 572 g/mol. The topological polar surface area (TPSA) is 214 Å². The number of phenols is 1. The molecule has 6 atom stereocenters. The van der Waals surface area contributed by atoms with Crippen molar-refractivity contribution < 1.29 is 44.7 Å². The molecule has 2 amide bonds. The second-order valence-electron chi connectivity index (χ2n) is 13.0. The lowest BCUT2D eigenvalue weighted by atomic mass is 9.42. The summed E-state index contributed by atoms with van der Waals surface area (Å²) in [5.74, 6) is -7.16. The highest BCUT2D eigenvalue weighted by Crippen LogP contribution is 2.66. The van der Waals surface area contributed by atoms with Gasteiger partial charge in [-0.1, -0.05) is 33.8 Å². The summed E-state index contributed by atoms with van der Waals surface area (Å²) in [5.41, 5.74) is -1.65. The lowest BCUT2D eigenvalue weighted by molar-refractivity contribution is -0.211. The maximum atomic E-state index is 14.6. The van der Waals surface area contributed by atoms with E-state index in [1.54, 1.807) is 32.0 Å². The molecule has 0 unspecified atom stereocenters. The predicted octanol–water partition coefficient (Wildman–Crippen LogP) is 0.0162. The third-order valence-corrected chi connectivity index (χ3v) is 10.0. The molecule has 44 heavy (non-hydrogen) atoms. The summed E-state index contributed by atoms with van der Waals surface area (Å²) in [6.45, 7) is 6.36. The number of Topliss-reactive ketones (excluding diaryl/α,β-unsaturated/α-hetero) is 2. The number of hydrogen-bond donors (Lipinski definition) is 7. The molecule has 0 saturated heterocycles. The van der Waals surface area contributed by atoms with Crippen LogP contribution in [0.2, 0.25) is 0 Å². The van der Waals surface area contributed by atoms with E-state index in [4.69, 9.17) is 5.73 Å². The van der Waals surface area contributed by atoms with Crippen molar-refractivity contribution in [3.05, 3.63) is 45.2 Å². The smallest absolute Gasteiger partial charge is 0.255 e. The first kappa shape index (κ1) is 33.1. The first-order valence-electron chi connectivity index (χ1n) is 14.4. The van der Waals surface area contributed by atoms with Crippen LogP contribution in [0.4, 0.5) is 0 Å². The number of aromatic hydroxyl groups is 1. The SMILES string of the molecule is CCc1cc(CNC(=O)CN(C)C)c(O)c2c1[C@H](C)[C@]1(C)C(=C2O)C(=O)[C@]2(O)C(O)=C(C(N)=O)C(=O)[C@@H](N(C)C)[C@]2(C)[C@H]1O. The standard InChI is InChI=1S/C31H42N4O9/c1-9-14-10-15(11-33-16(36)12-34(5)6)21(37)18-17(14)13(2)29(3)20(22(18)38)26(41)31(44)25(40)19(27(32)42)23(39)24(35(7)8)30(31,4)28(29)43/h10,13,24,28,37-38,40,43-44H,9,11-12H2,1-8H3,(H2,32,42)(H,33,36)/t13-,24+,28-,29+,30+,31+/m0/s1. The number of carbonyl (C=O) groups excluding carboxylic acids is 4. The Kier molecular flexibility index (Phi) is 8.04. The number of rotatable bonds is 7. The number of nitrogens with zero attached hydrogens (tertiary/aromatic N) is 2. The van der Waals surface area contributed by atoms with Gasteiger partial charge in [0.15, 0.2) is 11.4 Å². The molecule has 0 radical (unpaired) electrons. The molecule has 13 heteroatoms. The van der Waals surface area contributed by atoms with Gasteiger partial charge < -0.3 is 41.5 Å². The molecule has 13 nitrogen and oxygen atoms in total. The number of ketones is 2. The zero-order chi connectivity index (χ0) is 33.4. The molecule has 0 aromatic heterocycles. The molecule has 1 saturated carbocycles. The second kappa shape index (κ2) is 10.7. The van der Waals surface area contributed by atoms with Crippen molar-refractivity contribution in [3.63, 3.8) is 0 Å². The van der Waals surface area contributed by atoms with Crippen molar-refractivity contribution in [2.75, 3.05) is 34.7 Å². The van der Waals surface area contributed by atoms with Gasteiger partial charge in [-0.2, -0.15) is 0 Å². The fourth-order valence-corrected chi connectivity index (χ4v) is 7.80. The number of amides is 2. The lowest BCUT2D eigenvalue weighted by Gasteiger charge is -2.63. The Balaban J connectivity index is 2.06. The number of aliphatic hydroxyl groups excluding tert-OH is 3. The van der Waals surface area contributed by atoms with Crippen molar-refractivity contribution in [3.8, 4) is 5.75 Å². The molecule has 1 aromatic carbocycles. The number of fused-ring (bicyclic) bond motifs is 3. The number of phenolic OH excluding ortho intramolecular Hbond substituents is 1. The van der Waals surface area contributed by atoms with Crippen LogP contribution in [0.25, 0.3) is 5.76 Å². The van der Waals surface area contributed by atoms with Crippen LogP contribution in [-0.2, 0) is 32.1 Å². The van der Waals surface area contributed by atoms with Crippen molar-refractivity contribution in [2.45, 2.75) is 64.3 Å². The fraction of sp³-hybridized carbons (Fsp3) is 0.548. The molecule has 240 valence electrons. The minimum Gasteiger partial charge on any atom is -0.508 e. The Bertz CT molecular complexity index is 1550. The zero-order valence-corrected chi connectivity index (χ0v) is 26.3. The van der Waals surface area contributed by atoms with Gasteiger partial charge in [-0.15, -0.1) is 0 Å². The Morgan fingerprint density at radius 3 is 2.16 bits per heavy atom. The summed E-state index contributed by atoms with van der Waals surface area (Å²) in [7, 11) is 6.38. The van der Waals surface area contributed by atoms with Gasteiger partial charge >= 0.3 is 0 Å². The molecule has 8 N–H and O–H groups in total. The molecule has 4 rings (SSSR count). The van der Waals surface area contributed by atoms with Crippen LogP contribution in [0.3, 0.4) is 0 Å². The van der Waals surface area contributed by atoms with E-state index in [0.29, 0.717) is 17.5 Å². The number of primary amides is 1. The van der Waals surface area contributed by atoms with E-state index in [-0.39, 0.29) is 30.1 Å². The first-order valence-corrected chi connectivity index (χ1v) is 14.4. The third-order valence-electron chi connectivity index (χ3n) is 10.0. The highest BCUT2D eigenvalue weighted by molar-refractivity contribution is 6.25. The van der Waals surface area contributed by atoms with E-state index < -0.39 is 80.4 Å². The third kappa shape index (κ3) is 4.06. The summed E-state index contributed by atoms with van der Waals surface area (Å²) >= 11 is 0. The quantitative estimate of drug-likeness (QED) is 0.203. The Morgan fingerprint density at radius 2 is 1.66 bits per heavy atom. The summed E-state index contributed by atoms with van der Waals surface area (Å²) in [4.78, 5) is 55.9. The number of nitrogens with two attached hydrogens (primary N) is 1. The Labute approximate surface area is 255 Å². The van der Waals surface area contributed by atoms with Crippen molar-refractivity contribution in [1.82, 2.24) is 15.1 Å². The van der Waals surface area contributed by atoms with Crippen molar-refractivity contribution in [1.29, 1.82) is 0 Å². The van der Waals surface area contributed by atoms with E-state index in [2.05, 4.69) is 5.32 Å². The minimum absolute atomic E-state index is 0.0935. The van der Waals surface area contributed by atoms with Crippen LogP contribution in [0.1, 0.15) is 55.9 Å². The molecule has 1 aromatic rings. The molecule has 3 aliphatic rings. The Morgan fingerprint density at radius 1 is 1.07 bits per heavy atom. The van der Waals surface area contributed by atoms with E-state index in [0.717, 1.165) is 0 Å². The van der Waals surface area contributed by atoms with Crippen LogP contribution in [-0.4, -0.2) is 111 Å². The van der Waals surface area contributed by atoms with Gasteiger partial charge in [0.2, 0.25) is 11.7 Å². The average molecular weight is 615 g/mol. The molecule has 0 spiro atoms.